The zero-order chi connectivity index (χ0) is 13.7. The van der Waals surface area contributed by atoms with Crippen molar-refractivity contribution in [2.24, 2.45) is 5.73 Å². The van der Waals surface area contributed by atoms with Crippen molar-refractivity contribution >= 4 is 0 Å². The van der Waals surface area contributed by atoms with Crippen molar-refractivity contribution in [1.82, 2.24) is 0 Å². The predicted molar refractivity (Wildman–Crippen MR) is 82.1 cm³/mol. The third kappa shape index (κ3) is 3.24. The van der Waals surface area contributed by atoms with E-state index in [4.69, 9.17) is 5.73 Å². The Hall–Kier alpha value is -1.60. The van der Waals surface area contributed by atoms with Crippen LogP contribution in [0.15, 0.2) is 54.6 Å². The first-order valence-corrected chi connectivity index (χ1v) is 7.04. The van der Waals surface area contributed by atoms with E-state index in [0.717, 1.165) is 19.3 Å². The van der Waals surface area contributed by atoms with Crippen LogP contribution in [-0.4, -0.2) is 0 Å². The Balaban J connectivity index is 2.33. The minimum absolute atomic E-state index is 0.262. The Morgan fingerprint density at radius 1 is 0.947 bits per heavy atom. The van der Waals surface area contributed by atoms with E-state index in [2.05, 4.69) is 62.4 Å². The zero-order valence-electron chi connectivity index (χ0n) is 11.9. The molecule has 0 saturated heterocycles. The van der Waals surface area contributed by atoms with E-state index in [1.807, 2.05) is 6.07 Å². The van der Waals surface area contributed by atoms with Crippen molar-refractivity contribution in [3.8, 4) is 0 Å². The van der Waals surface area contributed by atoms with E-state index >= 15 is 0 Å². The van der Waals surface area contributed by atoms with E-state index in [-0.39, 0.29) is 5.54 Å². The molecule has 0 aromatic heterocycles. The quantitative estimate of drug-likeness (QED) is 0.849. The maximum Gasteiger partial charge on any atom is 0.0450 e. The molecule has 0 bridgehead atoms. The first kappa shape index (κ1) is 13.8. The van der Waals surface area contributed by atoms with Crippen molar-refractivity contribution in [3.05, 3.63) is 71.3 Å². The van der Waals surface area contributed by atoms with Gasteiger partial charge in [0.1, 0.15) is 0 Å². The molecule has 0 fully saturated rings. The molecule has 0 radical (unpaired) electrons. The zero-order valence-corrected chi connectivity index (χ0v) is 11.9. The Morgan fingerprint density at radius 3 is 2.21 bits per heavy atom. The summed E-state index contributed by atoms with van der Waals surface area (Å²) in [6.45, 7) is 4.36. The highest BCUT2D eigenvalue weighted by Crippen LogP contribution is 2.29. The molecule has 0 aliphatic rings. The van der Waals surface area contributed by atoms with Crippen molar-refractivity contribution in [1.29, 1.82) is 0 Å². The fourth-order valence-electron chi connectivity index (χ4n) is 2.70. The third-order valence-corrected chi connectivity index (χ3v) is 3.81. The lowest BCUT2D eigenvalue weighted by Crippen LogP contribution is -2.39. The fraction of sp³-hybridized carbons (Fsp3) is 0.333. The molecule has 1 unspecified atom stereocenters. The molecule has 0 heterocycles. The van der Waals surface area contributed by atoms with E-state index in [1.165, 1.54) is 16.7 Å². The number of hydrogen-bond donors (Lipinski definition) is 1. The molecule has 1 nitrogen and oxygen atoms in total. The molecule has 0 amide bonds. The van der Waals surface area contributed by atoms with Gasteiger partial charge in [-0.15, -0.1) is 0 Å². The van der Waals surface area contributed by atoms with Crippen LogP contribution in [0, 0.1) is 6.92 Å². The average Bonchev–Trinajstić information content (AvgIpc) is 2.43. The molecule has 2 aromatic carbocycles. The second-order valence-electron chi connectivity index (χ2n) is 5.38. The Labute approximate surface area is 116 Å². The summed E-state index contributed by atoms with van der Waals surface area (Å²) >= 11 is 0. The van der Waals surface area contributed by atoms with Gasteiger partial charge in [-0.1, -0.05) is 67.9 Å². The highest BCUT2D eigenvalue weighted by atomic mass is 14.7. The number of hydrogen-bond acceptors (Lipinski definition) is 1. The molecule has 2 rings (SSSR count). The maximum absolute atomic E-state index is 6.73. The summed E-state index contributed by atoms with van der Waals surface area (Å²) < 4.78 is 0. The topological polar surface area (TPSA) is 26.0 Å². The van der Waals surface area contributed by atoms with Crippen molar-refractivity contribution in [2.45, 2.75) is 38.6 Å². The van der Waals surface area contributed by atoms with Gasteiger partial charge in [0, 0.05) is 5.54 Å². The van der Waals surface area contributed by atoms with Crippen molar-refractivity contribution < 1.29 is 0 Å². The number of benzene rings is 2. The molecule has 0 aliphatic heterocycles. The Morgan fingerprint density at radius 2 is 1.58 bits per heavy atom. The molecule has 2 N–H and O–H groups in total. The summed E-state index contributed by atoms with van der Waals surface area (Å²) in [6, 6.07) is 19.0. The minimum Gasteiger partial charge on any atom is -0.321 e. The smallest absolute Gasteiger partial charge is 0.0450 e. The van der Waals surface area contributed by atoms with Crippen LogP contribution < -0.4 is 5.73 Å². The van der Waals surface area contributed by atoms with Gasteiger partial charge in [-0.2, -0.15) is 0 Å². The lowest BCUT2D eigenvalue weighted by molar-refractivity contribution is 0.400. The maximum atomic E-state index is 6.73. The van der Waals surface area contributed by atoms with Crippen LogP contribution in [-0.2, 0) is 12.0 Å². The van der Waals surface area contributed by atoms with E-state index in [9.17, 15) is 0 Å². The van der Waals surface area contributed by atoms with Gasteiger partial charge >= 0.3 is 0 Å². The van der Waals surface area contributed by atoms with Crippen LogP contribution in [0.2, 0.25) is 0 Å². The highest BCUT2D eigenvalue weighted by Gasteiger charge is 2.26. The molecule has 100 valence electrons. The highest BCUT2D eigenvalue weighted by molar-refractivity contribution is 5.32. The predicted octanol–water partition coefficient (Wildman–Crippen LogP) is 4.19. The molecular formula is C18H23N. The van der Waals surface area contributed by atoms with Crippen LogP contribution in [0.1, 0.15) is 36.5 Å². The monoisotopic (exact) mass is 253 g/mol. The van der Waals surface area contributed by atoms with Gasteiger partial charge in [-0.3, -0.25) is 0 Å². The molecular weight excluding hydrogens is 230 g/mol. The molecule has 19 heavy (non-hydrogen) atoms. The summed E-state index contributed by atoms with van der Waals surface area (Å²) in [5.74, 6) is 0. The third-order valence-electron chi connectivity index (χ3n) is 3.81. The lowest BCUT2D eigenvalue weighted by atomic mass is 9.80. The Kier molecular flexibility index (Phi) is 4.39. The van der Waals surface area contributed by atoms with Gasteiger partial charge in [-0.05, 0) is 36.5 Å². The Bertz CT molecular complexity index is 518. The molecule has 2 aromatic rings. The van der Waals surface area contributed by atoms with Gasteiger partial charge in [0.2, 0.25) is 0 Å². The van der Waals surface area contributed by atoms with Crippen LogP contribution >= 0.6 is 0 Å². The standard InChI is InChI=1S/C18H23N/c1-3-13-18(19,17-11-5-4-6-12-17)14-16-10-8-7-9-15(16)2/h4-12H,3,13-14,19H2,1-2H3. The van der Waals surface area contributed by atoms with Gasteiger partial charge < -0.3 is 5.73 Å². The van der Waals surface area contributed by atoms with Crippen LogP contribution in [0.3, 0.4) is 0 Å². The molecule has 1 heteroatoms. The summed E-state index contributed by atoms with van der Waals surface area (Å²) in [6.07, 6.45) is 3.00. The molecule has 0 saturated carbocycles. The van der Waals surface area contributed by atoms with Gasteiger partial charge in [0.25, 0.3) is 0 Å². The average molecular weight is 253 g/mol. The molecule has 0 aliphatic carbocycles. The van der Waals surface area contributed by atoms with E-state index in [0.29, 0.717) is 0 Å². The van der Waals surface area contributed by atoms with Crippen molar-refractivity contribution in [2.75, 3.05) is 0 Å². The first-order valence-electron chi connectivity index (χ1n) is 7.04. The summed E-state index contributed by atoms with van der Waals surface area (Å²) in [4.78, 5) is 0. The fourth-order valence-corrected chi connectivity index (χ4v) is 2.70. The first-order chi connectivity index (χ1) is 9.15. The number of aryl methyl sites for hydroxylation is 1. The van der Waals surface area contributed by atoms with Gasteiger partial charge in [-0.25, -0.2) is 0 Å². The van der Waals surface area contributed by atoms with E-state index < -0.39 is 0 Å². The second kappa shape index (κ2) is 6.03. The number of rotatable bonds is 5. The van der Waals surface area contributed by atoms with Gasteiger partial charge in [0.05, 0.1) is 0 Å². The summed E-state index contributed by atoms with van der Waals surface area (Å²) in [7, 11) is 0. The van der Waals surface area contributed by atoms with E-state index in [1.54, 1.807) is 0 Å². The molecule has 1 atom stereocenters. The van der Waals surface area contributed by atoms with Crippen molar-refractivity contribution in [3.63, 3.8) is 0 Å². The van der Waals surface area contributed by atoms with Crippen LogP contribution in [0.5, 0.6) is 0 Å². The SMILES string of the molecule is CCCC(N)(Cc1ccccc1C)c1ccccc1. The second-order valence-corrected chi connectivity index (χ2v) is 5.38. The van der Waals surface area contributed by atoms with Crippen LogP contribution in [0.4, 0.5) is 0 Å². The largest absolute Gasteiger partial charge is 0.321 e. The normalized spacial score (nSPS) is 14.1. The van der Waals surface area contributed by atoms with Crippen LogP contribution in [0.25, 0.3) is 0 Å². The number of nitrogens with two attached hydrogens (primary N) is 1. The summed E-state index contributed by atoms with van der Waals surface area (Å²) in [5.41, 5.74) is 10.4. The lowest BCUT2D eigenvalue weighted by Gasteiger charge is -2.30. The minimum atomic E-state index is -0.262. The summed E-state index contributed by atoms with van der Waals surface area (Å²) in [5, 5.41) is 0. The molecule has 0 spiro atoms. The van der Waals surface area contributed by atoms with Gasteiger partial charge in [0.15, 0.2) is 0 Å².